The predicted octanol–water partition coefficient (Wildman–Crippen LogP) is 0.785. The van der Waals surface area contributed by atoms with E-state index in [0.29, 0.717) is 0 Å². The van der Waals surface area contributed by atoms with Crippen molar-refractivity contribution < 1.29 is 4.79 Å². The summed E-state index contributed by atoms with van der Waals surface area (Å²) < 4.78 is 0. The van der Waals surface area contributed by atoms with Crippen molar-refractivity contribution in [3.63, 3.8) is 0 Å². The van der Waals surface area contributed by atoms with Crippen LogP contribution in [-0.2, 0) is 4.79 Å². The Bertz CT molecular complexity index is 243. The van der Waals surface area contributed by atoms with Crippen molar-refractivity contribution in [2.75, 3.05) is 40.3 Å². The van der Waals surface area contributed by atoms with E-state index in [4.69, 9.17) is 0 Å². The Morgan fingerprint density at radius 3 is 2.82 bits per heavy atom. The summed E-state index contributed by atoms with van der Waals surface area (Å²) in [5.74, 6) is 0.956. The van der Waals surface area contributed by atoms with Crippen molar-refractivity contribution in [2.45, 2.75) is 32.7 Å². The molecule has 0 radical (unpaired) electrons. The van der Waals surface area contributed by atoms with Crippen LogP contribution in [0, 0.1) is 5.92 Å². The molecule has 0 spiro atoms. The van der Waals surface area contributed by atoms with Gasteiger partial charge in [-0.1, -0.05) is 13.8 Å². The first kappa shape index (κ1) is 14.5. The number of nitrogens with one attached hydrogen (secondary N) is 1. The lowest BCUT2D eigenvalue weighted by Crippen LogP contribution is -2.56. The molecule has 0 aromatic rings. The lowest BCUT2D eigenvalue weighted by Gasteiger charge is -2.32. The van der Waals surface area contributed by atoms with E-state index >= 15 is 0 Å². The first-order valence-electron chi connectivity index (χ1n) is 6.67. The number of piperazine rings is 1. The number of hydrogen-bond donors (Lipinski definition) is 1. The van der Waals surface area contributed by atoms with Crippen LogP contribution >= 0.6 is 0 Å². The Morgan fingerprint density at radius 1 is 1.53 bits per heavy atom. The molecule has 0 aromatic heterocycles. The Hall–Kier alpha value is -0.610. The molecule has 100 valence electrons. The molecule has 1 unspecified atom stereocenters. The highest BCUT2D eigenvalue weighted by molar-refractivity contribution is 5.82. The van der Waals surface area contributed by atoms with Crippen molar-refractivity contribution in [3.05, 3.63) is 0 Å². The van der Waals surface area contributed by atoms with E-state index in [0.717, 1.165) is 38.5 Å². The van der Waals surface area contributed by atoms with Crippen molar-refractivity contribution in [3.8, 4) is 0 Å². The van der Waals surface area contributed by atoms with E-state index < -0.39 is 0 Å². The van der Waals surface area contributed by atoms with Crippen LogP contribution < -0.4 is 5.32 Å². The van der Waals surface area contributed by atoms with Gasteiger partial charge in [0.25, 0.3) is 0 Å². The number of hydrogen-bond acceptors (Lipinski definition) is 3. The predicted molar refractivity (Wildman–Crippen MR) is 71.0 cm³/mol. The molecule has 1 heterocycles. The standard InChI is InChI=1S/C13H27N3O/c1-11(2)6-5-8-16(4)13(17)12-10-15(3)9-7-14-12/h11-12,14H,5-10H2,1-4H3. The fourth-order valence-electron chi connectivity index (χ4n) is 2.18. The second kappa shape index (κ2) is 6.97. The molecule has 1 atom stereocenters. The van der Waals surface area contributed by atoms with E-state index in [-0.39, 0.29) is 11.9 Å². The highest BCUT2D eigenvalue weighted by Gasteiger charge is 2.25. The summed E-state index contributed by atoms with van der Waals surface area (Å²) in [7, 11) is 3.98. The lowest BCUT2D eigenvalue weighted by molar-refractivity contribution is -0.133. The molecule has 1 fully saturated rings. The highest BCUT2D eigenvalue weighted by Crippen LogP contribution is 2.06. The molecule has 1 amide bonds. The number of rotatable bonds is 5. The minimum absolute atomic E-state index is 0.0159. The summed E-state index contributed by atoms with van der Waals surface area (Å²) in [5, 5.41) is 3.30. The SMILES string of the molecule is CC(C)CCCN(C)C(=O)C1CN(C)CCN1. The van der Waals surface area contributed by atoms with Gasteiger partial charge in [-0.2, -0.15) is 0 Å². The molecule has 17 heavy (non-hydrogen) atoms. The van der Waals surface area contributed by atoms with Gasteiger partial charge in [-0.15, -0.1) is 0 Å². The number of amides is 1. The van der Waals surface area contributed by atoms with Gasteiger partial charge >= 0.3 is 0 Å². The normalized spacial score (nSPS) is 21.8. The fourth-order valence-corrected chi connectivity index (χ4v) is 2.18. The van der Waals surface area contributed by atoms with Gasteiger partial charge in [0.05, 0.1) is 6.04 Å². The number of likely N-dealkylation sites (N-methyl/N-ethyl adjacent to an activating group) is 2. The van der Waals surface area contributed by atoms with Gasteiger partial charge in [-0.3, -0.25) is 4.79 Å². The summed E-state index contributed by atoms with van der Waals surface area (Å²) in [6.45, 7) is 8.08. The Balaban J connectivity index is 2.30. The van der Waals surface area contributed by atoms with E-state index in [1.165, 1.54) is 6.42 Å². The van der Waals surface area contributed by atoms with E-state index in [9.17, 15) is 4.79 Å². The van der Waals surface area contributed by atoms with Crippen LogP contribution in [0.4, 0.5) is 0 Å². The summed E-state index contributed by atoms with van der Waals surface area (Å²) in [6.07, 6.45) is 2.29. The average Bonchev–Trinajstić information content (AvgIpc) is 2.27. The Morgan fingerprint density at radius 2 is 2.24 bits per heavy atom. The zero-order valence-electron chi connectivity index (χ0n) is 11.7. The summed E-state index contributed by atoms with van der Waals surface area (Å²) in [6, 6.07) is -0.0159. The molecule has 0 aromatic carbocycles. The molecule has 1 N–H and O–H groups in total. The largest absolute Gasteiger partial charge is 0.344 e. The third-order valence-corrected chi connectivity index (χ3v) is 3.33. The molecule has 4 heteroatoms. The molecule has 1 aliphatic heterocycles. The number of nitrogens with zero attached hydrogens (tertiary/aromatic N) is 2. The molecule has 0 saturated carbocycles. The van der Waals surface area contributed by atoms with Gasteiger partial charge in [0.15, 0.2) is 0 Å². The van der Waals surface area contributed by atoms with Crippen LogP contribution in [0.3, 0.4) is 0 Å². The van der Waals surface area contributed by atoms with Crippen molar-refractivity contribution in [1.29, 1.82) is 0 Å². The summed E-state index contributed by atoms with van der Waals surface area (Å²) >= 11 is 0. The zero-order chi connectivity index (χ0) is 12.8. The smallest absolute Gasteiger partial charge is 0.240 e. The quantitative estimate of drug-likeness (QED) is 0.773. The van der Waals surface area contributed by atoms with Crippen LogP contribution in [-0.4, -0.2) is 62.0 Å². The zero-order valence-corrected chi connectivity index (χ0v) is 11.7. The van der Waals surface area contributed by atoms with Crippen LogP contribution in [0.5, 0.6) is 0 Å². The monoisotopic (exact) mass is 241 g/mol. The molecule has 0 aliphatic carbocycles. The van der Waals surface area contributed by atoms with Crippen molar-refractivity contribution >= 4 is 5.91 Å². The highest BCUT2D eigenvalue weighted by atomic mass is 16.2. The lowest BCUT2D eigenvalue weighted by atomic mass is 10.1. The van der Waals surface area contributed by atoms with Gasteiger partial charge in [0, 0.05) is 33.2 Å². The second-order valence-electron chi connectivity index (χ2n) is 5.56. The topological polar surface area (TPSA) is 35.6 Å². The van der Waals surface area contributed by atoms with E-state index in [2.05, 4.69) is 31.1 Å². The molecule has 0 bridgehead atoms. The first-order chi connectivity index (χ1) is 8.00. The van der Waals surface area contributed by atoms with Crippen LogP contribution in [0.2, 0.25) is 0 Å². The van der Waals surface area contributed by atoms with E-state index in [1.54, 1.807) is 0 Å². The first-order valence-corrected chi connectivity index (χ1v) is 6.67. The number of carbonyl (C=O) groups is 1. The minimum atomic E-state index is -0.0159. The minimum Gasteiger partial charge on any atom is -0.344 e. The van der Waals surface area contributed by atoms with Gasteiger partial charge in [-0.05, 0) is 25.8 Å². The average molecular weight is 241 g/mol. The molecule has 1 aliphatic rings. The number of carbonyl (C=O) groups excluding carboxylic acids is 1. The van der Waals surface area contributed by atoms with Gasteiger partial charge in [-0.25, -0.2) is 0 Å². The third-order valence-electron chi connectivity index (χ3n) is 3.33. The van der Waals surface area contributed by atoms with E-state index in [1.807, 2.05) is 11.9 Å². The second-order valence-corrected chi connectivity index (χ2v) is 5.56. The Kier molecular flexibility index (Phi) is 5.92. The maximum atomic E-state index is 12.2. The Labute approximate surface area is 105 Å². The van der Waals surface area contributed by atoms with Gasteiger partial charge in [0.1, 0.15) is 0 Å². The third kappa shape index (κ3) is 5.04. The van der Waals surface area contributed by atoms with Crippen LogP contribution in [0.1, 0.15) is 26.7 Å². The molecule has 1 saturated heterocycles. The maximum absolute atomic E-state index is 12.2. The molecule has 4 nitrogen and oxygen atoms in total. The van der Waals surface area contributed by atoms with Crippen molar-refractivity contribution in [2.24, 2.45) is 5.92 Å². The maximum Gasteiger partial charge on any atom is 0.240 e. The molecular weight excluding hydrogens is 214 g/mol. The molecule has 1 rings (SSSR count). The van der Waals surface area contributed by atoms with Crippen molar-refractivity contribution in [1.82, 2.24) is 15.1 Å². The molecular formula is C13H27N3O. The van der Waals surface area contributed by atoms with Gasteiger partial charge < -0.3 is 15.1 Å². The van der Waals surface area contributed by atoms with Crippen LogP contribution in [0.25, 0.3) is 0 Å². The fraction of sp³-hybridized carbons (Fsp3) is 0.923. The van der Waals surface area contributed by atoms with Crippen LogP contribution in [0.15, 0.2) is 0 Å². The summed E-state index contributed by atoms with van der Waals surface area (Å²) in [4.78, 5) is 16.2. The summed E-state index contributed by atoms with van der Waals surface area (Å²) in [5.41, 5.74) is 0. The van der Waals surface area contributed by atoms with Gasteiger partial charge in [0.2, 0.25) is 5.91 Å².